The van der Waals surface area contributed by atoms with E-state index < -0.39 is 23.3 Å². The van der Waals surface area contributed by atoms with Gasteiger partial charge in [-0.1, -0.05) is 52.3 Å². The van der Waals surface area contributed by atoms with E-state index in [0.29, 0.717) is 5.75 Å². The zero-order valence-electron chi connectivity index (χ0n) is 20.8. The van der Waals surface area contributed by atoms with E-state index in [1.54, 1.807) is 18.2 Å². The summed E-state index contributed by atoms with van der Waals surface area (Å²) in [4.78, 5) is 41.5. The highest BCUT2D eigenvalue weighted by atomic mass is 79.9. The second kappa shape index (κ2) is 11.5. The lowest BCUT2D eigenvalue weighted by Gasteiger charge is -2.17. The number of aromatic nitrogens is 1. The Morgan fingerprint density at radius 3 is 2.64 bits per heavy atom. The summed E-state index contributed by atoms with van der Waals surface area (Å²) in [6.45, 7) is 0.253. The first kappa shape index (κ1) is 26.2. The van der Waals surface area contributed by atoms with E-state index in [1.165, 1.54) is 7.11 Å². The van der Waals surface area contributed by atoms with Gasteiger partial charge in [0.25, 0.3) is 0 Å². The Kier molecular flexibility index (Phi) is 7.76. The van der Waals surface area contributed by atoms with E-state index in [4.69, 9.17) is 13.9 Å². The Bertz CT molecular complexity index is 1710. The molecule has 0 radical (unpaired) electrons. The first-order valence-electron chi connectivity index (χ1n) is 12.1. The maximum Gasteiger partial charge on any atom is 0.325 e. The van der Waals surface area contributed by atoms with Gasteiger partial charge in [-0.3, -0.25) is 19.8 Å². The minimum absolute atomic E-state index is 0.198. The van der Waals surface area contributed by atoms with Crippen molar-refractivity contribution >= 4 is 49.7 Å². The second-order valence-corrected chi connectivity index (χ2v) is 9.67. The fourth-order valence-corrected chi connectivity index (χ4v) is 4.49. The highest BCUT2D eigenvalue weighted by Gasteiger charge is 2.23. The van der Waals surface area contributed by atoms with Crippen LogP contribution in [0.2, 0.25) is 0 Å². The average molecular weight is 590 g/mol. The zero-order chi connectivity index (χ0) is 27.4. The minimum atomic E-state index is -0.885. The van der Waals surface area contributed by atoms with Crippen LogP contribution in [0.5, 0.6) is 5.75 Å². The number of ether oxygens (including phenoxy) is 2. The minimum Gasteiger partial charge on any atom is -0.488 e. The van der Waals surface area contributed by atoms with Gasteiger partial charge >= 0.3 is 11.9 Å². The molecule has 0 fully saturated rings. The maximum absolute atomic E-state index is 13.0. The van der Waals surface area contributed by atoms with Crippen molar-refractivity contribution in [3.05, 3.63) is 111 Å². The van der Waals surface area contributed by atoms with Crippen molar-refractivity contribution in [2.75, 3.05) is 7.11 Å². The monoisotopic (exact) mass is 589 g/mol. The number of hydrogen-bond donors (Lipinski definition) is 3. The third kappa shape index (κ3) is 5.87. The fraction of sp³-hybridized carbons (Fsp3) is 0.138. The Labute approximate surface area is 231 Å². The number of benzene rings is 3. The molecular weight excluding hydrogens is 566 g/mol. The van der Waals surface area contributed by atoms with Gasteiger partial charge in [-0.25, -0.2) is 5.43 Å². The molecule has 0 unspecified atom stereocenters. The van der Waals surface area contributed by atoms with E-state index in [9.17, 15) is 14.4 Å². The topological polar surface area (TPSA) is 123 Å². The molecule has 5 rings (SSSR count). The Balaban J connectivity index is 1.31. The van der Waals surface area contributed by atoms with Crippen LogP contribution in [0.25, 0.3) is 21.9 Å². The van der Waals surface area contributed by atoms with Crippen molar-refractivity contribution in [2.24, 2.45) is 0 Å². The number of methoxy groups -OCH3 is 1. The van der Waals surface area contributed by atoms with E-state index in [1.807, 2.05) is 54.7 Å². The summed E-state index contributed by atoms with van der Waals surface area (Å²) in [6, 6.07) is 20.5. The van der Waals surface area contributed by atoms with Crippen LogP contribution in [0.15, 0.2) is 92.7 Å². The number of rotatable bonds is 9. The molecule has 9 nitrogen and oxygen atoms in total. The summed E-state index contributed by atoms with van der Waals surface area (Å²) in [7, 11) is 1.27. The molecule has 1 atom stereocenters. The number of halogens is 1. The molecule has 39 heavy (non-hydrogen) atoms. The molecular formula is C29H24BrN3O6. The molecule has 3 aromatic carbocycles. The van der Waals surface area contributed by atoms with Gasteiger partial charge < -0.3 is 18.9 Å². The number of amides is 1. The van der Waals surface area contributed by atoms with Gasteiger partial charge in [-0.05, 0) is 41.5 Å². The van der Waals surface area contributed by atoms with Gasteiger partial charge in [-0.2, -0.15) is 0 Å². The Hall–Kier alpha value is -4.41. The standard InChI is InChI=1S/C29H24BrN3O6/c1-37-29(36)22(13-18-15-31-21-6-3-2-5-20(18)21)32-33-28(35)26-14-23(34)27-24(7-4-8-25(27)39-26)38-16-17-9-11-19(30)12-10-17/h2-12,14-15,22,31-32H,13,16H2,1H3,(H,33,35)/t22-/m0/s1. The highest BCUT2D eigenvalue weighted by Crippen LogP contribution is 2.25. The lowest BCUT2D eigenvalue weighted by atomic mass is 10.1. The Morgan fingerprint density at radius 2 is 1.85 bits per heavy atom. The number of nitrogens with one attached hydrogen (secondary N) is 3. The molecule has 10 heteroatoms. The van der Waals surface area contributed by atoms with Gasteiger partial charge in [0.15, 0.2) is 11.2 Å². The van der Waals surface area contributed by atoms with E-state index in [0.717, 1.165) is 32.6 Å². The third-order valence-corrected chi connectivity index (χ3v) is 6.72. The third-order valence-electron chi connectivity index (χ3n) is 6.19. The van der Waals surface area contributed by atoms with Crippen molar-refractivity contribution < 1.29 is 23.5 Å². The SMILES string of the molecule is COC(=O)[C@H](Cc1c[nH]c2ccccc12)NNC(=O)c1cc(=O)c2c(OCc3ccc(Br)cc3)cccc2o1. The molecule has 5 aromatic rings. The average Bonchev–Trinajstić information content (AvgIpc) is 3.36. The van der Waals surface area contributed by atoms with Gasteiger partial charge in [0.05, 0.1) is 7.11 Å². The molecule has 2 heterocycles. The normalized spacial score (nSPS) is 11.8. The van der Waals surface area contributed by atoms with Gasteiger partial charge in [0.1, 0.15) is 29.4 Å². The van der Waals surface area contributed by atoms with E-state index in [2.05, 4.69) is 31.8 Å². The molecule has 1 amide bonds. The Morgan fingerprint density at radius 1 is 1.05 bits per heavy atom. The predicted molar refractivity (Wildman–Crippen MR) is 149 cm³/mol. The molecule has 198 valence electrons. The first-order valence-corrected chi connectivity index (χ1v) is 12.8. The number of hydrazine groups is 1. The number of carbonyl (C=O) groups excluding carboxylic acids is 2. The number of H-pyrrole nitrogens is 1. The highest BCUT2D eigenvalue weighted by molar-refractivity contribution is 9.10. The molecule has 0 saturated heterocycles. The molecule has 0 bridgehead atoms. The van der Waals surface area contributed by atoms with E-state index >= 15 is 0 Å². The maximum atomic E-state index is 13.0. The summed E-state index contributed by atoms with van der Waals surface area (Å²) in [5, 5.41) is 1.18. The van der Waals surface area contributed by atoms with Crippen LogP contribution < -0.4 is 21.0 Å². The summed E-state index contributed by atoms with van der Waals surface area (Å²) < 4.78 is 17.5. The number of carbonyl (C=O) groups is 2. The molecule has 0 aliphatic carbocycles. The number of hydrogen-bond acceptors (Lipinski definition) is 7. The lowest BCUT2D eigenvalue weighted by molar-refractivity contribution is -0.143. The van der Waals surface area contributed by atoms with Crippen molar-refractivity contribution in [1.29, 1.82) is 0 Å². The fourth-order valence-electron chi connectivity index (χ4n) is 4.22. The molecule has 2 aromatic heterocycles. The van der Waals surface area contributed by atoms with Gasteiger partial charge in [0, 0.05) is 34.1 Å². The van der Waals surface area contributed by atoms with Gasteiger partial charge in [0.2, 0.25) is 0 Å². The van der Waals surface area contributed by atoms with Crippen LogP contribution in [-0.2, 0) is 22.6 Å². The van der Waals surface area contributed by atoms with E-state index in [-0.39, 0.29) is 29.8 Å². The molecule has 3 N–H and O–H groups in total. The number of fused-ring (bicyclic) bond motifs is 2. The number of esters is 1. The van der Waals surface area contributed by atoms with Crippen molar-refractivity contribution in [1.82, 2.24) is 15.8 Å². The van der Waals surface area contributed by atoms with Crippen LogP contribution in [0.3, 0.4) is 0 Å². The summed E-state index contributed by atoms with van der Waals surface area (Å²) >= 11 is 3.40. The number of aromatic amines is 1. The van der Waals surface area contributed by atoms with Crippen molar-refractivity contribution in [3.63, 3.8) is 0 Å². The van der Waals surface area contributed by atoms with Crippen LogP contribution in [0.1, 0.15) is 21.7 Å². The van der Waals surface area contributed by atoms with Crippen LogP contribution in [0.4, 0.5) is 0 Å². The second-order valence-electron chi connectivity index (χ2n) is 8.76. The largest absolute Gasteiger partial charge is 0.488 e. The summed E-state index contributed by atoms with van der Waals surface area (Å²) in [5.74, 6) is -1.16. The van der Waals surface area contributed by atoms with Crippen molar-refractivity contribution in [3.8, 4) is 5.75 Å². The van der Waals surface area contributed by atoms with Crippen LogP contribution in [-0.4, -0.2) is 30.0 Å². The van der Waals surface area contributed by atoms with Crippen LogP contribution in [0, 0.1) is 0 Å². The molecule has 0 saturated carbocycles. The van der Waals surface area contributed by atoms with Gasteiger partial charge in [-0.15, -0.1) is 0 Å². The van der Waals surface area contributed by atoms with Crippen molar-refractivity contribution in [2.45, 2.75) is 19.1 Å². The summed E-state index contributed by atoms with van der Waals surface area (Å²) in [5.41, 5.74) is 7.67. The lowest BCUT2D eigenvalue weighted by Crippen LogP contribution is -2.49. The molecule has 0 aliphatic rings. The quantitative estimate of drug-likeness (QED) is 0.169. The smallest absolute Gasteiger partial charge is 0.325 e. The summed E-state index contributed by atoms with van der Waals surface area (Å²) in [6.07, 6.45) is 2.06. The first-order chi connectivity index (χ1) is 18.9. The molecule has 0 aliphatic heterocycles. The predicted octanol–water partition coefficient (Wildman–Crippen LogP) is 4.63. The number of para-hydroxylation sites is 1. The zero-order valence-corrected chi connectivity index (χ0v) is 22.4. The van der Waals surface area contributed by atoms with Crippen LogP contribution >= 0.6 is 15.9 Å². The molecule has 0 spiro atoms.